The zero-order chi connectivity index (χ0) is 14.4. The van der Waals surface area contributed by atoms with Gasteiger partial charge in [0.2, 0.25) is 0 Å². The third kappa shape index (κ3) is 9.67. The van der Waals surface area contributed by atoms with Gasteiger partial charge in [0.25, 0.3) is 0 Å². The quantitative estimate of drug-likeness (QED) is 0.210. The lowest BCUT2D eigenvalue weighted by atomic mass is 9.76. The lowest BCUT2D eigenvalue weighted by Crippen LogP contribution is -2.27. The van der Waals surface area contributed by atoms with Crippen LogP contribution in [0.4, 0.5) is 0 Å². The maximum absolute atomic E-state index is 11.0. The second-order valence-corrected chi connectivity index (χ2v) is 5.40. The molecular weight excluding hydrogens is 304 g/mol. The maximum Gasteiger partial charge on any atom is 0.146 e. The number of ether oxygens (including phenoxy) is 1. The number of carbonyl (C=O) groups is 1. The van der Waals surface area contributed by atoms with E-state index in [4.69, 9.17) is 13.1 Å². The maximum atomic E-state index is 11.0. The van der Waals surface area contributed by atoms with Gasteiger partial charge in [0.05, 0.1) is 19.8 Å². The molecule has 0 aromatic rings. The zero-order valence-electron chi connectivity index (χ0n) is 11.5. The Morgan fingerprint density at radius 3 is 2.00 bits per heavy atom. The molecule has 0 aromatic carbocycles. The van der Waals surface area contributed by atoms with E-state index in [0.29, 0.717) is 26.2 Å². The molecule has 0 spiro atoms. The van der Waals surface area contributed by atoms with Crippen molar-refractivity contribution in [1.29, 1.82) is 0 Å². The standard InChI is InChI=1S/C12H22O4S3/c1-18-15-9-5-12(3-7-13,4-8-14-11-17)6-10-16-19-2/h7,11H,3-6,8-10H2,1-2H3. The predicted molar refractivity (Wildman–Crippen MR) is 85.5 cm³/mol. The van der Waals surface area contributed by atoms with E-state index < -0.39 is 0 Å². The molecule has 19 heavy (non-hydrogen) atoms. The van der Waals surface area contributed by atoms with Crippen LogP contribution in [0.3, 0.4) is 0 Å². The van der Waals surface area contributed by atoms with E-state index >= 15 is 0 Å². The van der Waals surface area contributed by atoms with Gasteiger partial charge in [-0.1, -0.05) is 0 Å². The van der Waals surface area contributed by atoms with Crippen molar-refractivity contribution < 1.29 is 17.9 Å². The van der Waals surface area contributed by atoms with Crippen molar-refractivity contribution in [2.45, 2.75) is 25.7 Å². The van der Waals surface area contributed by atoms with Gasteiger partial charge in [0.1, 0.15) is 11.8 Å². The zero-order valence-corrected chi connectivity index (χ0v) is 13.9. The molecule has 0 saturated heterocycles. The fourth-order valence-electron chi connectivity index (χ4n) is 1.86. The molecule has 0 unspecified atom stereocenters. The highest BCUT2D eigenvalue weighted by atomic mass is 32.2. The SMILES string of the molecule is CSOCCC(CC=O)(CCOC=S)CCOSC. The molecule has 0 N–H and O–H groups in total. The number of thiocarbonyl (C=S) groups is 1. The molecule has 0 bridgehead atoms. The van der Waals surface area contributed by atoms with Crippen molar-refractivity contribution in [3.8, 4) is 0 Å². The van der Waals surface area contributed by atoms with Crippen LogP contribution < -0.4 is 0 Å². The van der Waals surface area contributed by atoms with Gasteiger partial charge >= 0.3 is 0 Å². The van der Waals surface area contributed by atoms with Gasteiger partial charge in [-0.25, -0.2) is 0 Å². The third-order valence-electron chi connectivity index (χ3n) is 3.00. The van der Waals surface area contributed by atoms with Crippen LogP contribution in [0, 0.1) is 5.41 Å². The molecular formula is C12H22O4S3. The summed E-state index contributed by atoms with van der Waals surface area (Å²) in [5.74, 6) is 0. The van der Waals surface area contributed by atoms with Gasteiger partial charge in [-0.15, -0.1) is 0 Å². The number of aldehydes is 1. The van der Waals surface area contributed by atoms with Crippen molar-refractivity contribution in [1.82, 2.24) is 0 Å². The summed E-state index contributed by atoms with van der Waals surface area (Å²) < 4.78 is 15.8. The molecule has 0 heterocycles. The molecule has 0 saturated carbocycles. The van der Waals surface area contributed by atoms with Crippen molar-refractivity contribution in [2.24, 2.45) is 5.41 Å². The largest absolute Gasteiger partial charge is 0.490 e. The molecule has 0 rings (SSSR count). The van der Waals surface area contributed by atoms with Crippen LogP contribution in [0.15, 0.2) is 0 Å². The Balaban J connectivity index is 4.45. The molecule has 0 fully saturated rings. The topological polar surface area (TPSA) is 44.8 Å². The van der Waals surface area contributed by atoms with Gasteiger partial charge in [0, 0.05) is 18.9 Å². The first kappa shape index (κ1) is 19.2. The summed E-state index contributed by atoms with van der Waals surface area (Å²) in [6.07, 6.45) is 7.62. The highest BCUT2D eigenvalue weighted by molar-refractivity contribution is 7.94. The Labute approximate surface area is 129 Å². The Kier molecular flexibility index (Phi) is 13.3. The fraction of sp³-hybridized carbons (Fsp3) is 0.833. The molecule has 4 nitrogen and oxygen atoms in total. The Bertz CT molecular complexity index is 229. The number of rotatable bonds is 14. The first-order chi connectivity index (χ1) is 9.24. The van der Waals surface area contributed by atoms with Crippen LogP contribution in [-0.4, -0.2) is 44.2 Å². The van der Waals surface area contributed by atoms with Crippen LogP contribution in [0.5, 0.6) is 0 Å². The van der Waals surface area contributed by atoms with Gasteiger partial charge in [-0.2, -0.15) is 0 Å². The molecule has 0 aromatic heterocycles. The fourth-order valence-corrected chi connectivity index (χ4v) is 2.46. The Morgan fingerprint density at radius 1 is 1.05 bits per heavy atom. The van der Waals surface area contributed by atoms with E-state index in [0.717, 1.165) is 25.5 Å². The summed E-state index contributed by atoms with van der Waals surface area (Å²) in [5, 5.41) is 0. The molecule has 7 heteroatoms. The molecule has 0 radical (unpaired) electrons. The molecule has 0 aliphatic carbocycles. The molecule has 0 atom stereocenters. The van der Waals surface area contributed by atoms with E-state index in [2.05, 4.69) is 12.2 Å². The average molecular weight is 327 g/mol. The summed E-state index contributed by atoms with van der Waals surface area (Å²) in [6.45, 7) is 1.76. The molecule has 0 aliphatic rings. The molecule has 0 aliphatic heterocycles. The van der Waals surface area contributed by atoms with Crippen LogP contribution in [0.2, 0.25) is 0 Å². The van der Waals surface area contributed by atoms with E-state index in [9.17, 15) is 4.79 Å². The monoisotopic (exact) mass is 326 g/mol. The average Bonchev–Trinajstić information content (AvgIpc) is 2.40. The van der Waals surface area contributed by atoms with E-state index in [1.807, 2.05) is 12.5 Å². The van der Waals surface area contributed by atoms with Crippen molar-refractivity contribution in [3.63, 3.8) is 0 Å². The minimum Gasteiger partial charge on any atom is -0.490 e. The van der Waals surface area contributed by atoms with E-state index in [1.54, 1.807) is 0 Å². The van der Waals surface area contributed by atoms with Gasteiger partial charge in [-0.05, 0) is 61.0 Å². The molecule has 0 amide bonds. The second kappa shape index (κ2) is 13.2. The summed E-state index contributed by atoms with van der Waals surface area (Å²) in [5.41, 5.74) is 1.13. The Hall–Kier alpha value is 0.180. The predicted octanol–water partition coefficient (Wildman–Crippen LogP) is 3.30. The summed E-state index contributed by atoms with van der Waals surface area (Å²) in [6, 6.07) is 0. The van der Waals surface area contributed by atoms with Crippen LogP contribution in [0.25, 0.3) is 0 Å². The lowest BCUT2D eigenvalue weighted by molar-refractivity contribution is -0.110. The van der Waals surface area contributed by atoms with Crippen LogP contribution >= 0.6 is 36.3 Å². The van der Waals surface area contributed by atoms with E-state index in [1.165, 1.54) is 29.6 Å². The van der Waals surface area contributed by atoms with Crippen molar-refractivity contribution in [3.05, 3.63) is 0 Å². The summed E-state index contributed by atoms with van der Waals surface area (Å²) >= 11 is 7.32. The third-order valence-corrected chi connectivity index (χ3v) is 3.94. The first-order valence-electron chi connectivity index (χ1n) is 6.05. The number of hydrogen-bond acceptors (Lipinski definition) is 7. The van der Waals surface area contributed by atoms with Gasteiger partial charge in [-0.3, -0.25) is 0 Å². The first-order valence-corrected chi connectivity index (χ1v) is 8.82. The van der Waals surface area contributed by atoms with Crippen molar-refractivity contribution in [2.75, 3.05) is 32.3 Å². The lowest BCUT2D eigenvalue weighted by Gasteiger charge is -2.31. The smallest absolute Gasteiger partial charge is 0.146 e. The normalized spacial score (nSPS) is 11.3. The van der Waals surface area contributed by atoms with Crippen LogP contribution in [0.1, 0.15) is 25.7 Å². The number of carbonyl (C=O) groups excluding carboxylic acids is 1. The van der Waals surface area contributed by atoms with Crippen molar-refractivity contribution >= 4 is 48.1 Å². The highest BCUT2D eigenvalue weighted by Gasteiger charge is 2.29. The minimum atomic E-state index is -0.133. The minimum absolute atomic E-state index is 0.133. The Morgan fingerprint density at radius 2 is 1.58 bits per heavy atom. The number of hydrogen-bond donors (Lipinski definition) is 0. The second-order valence-electron chi connectivity index (χ2n) is 4.07. The highest BCUT2D eigenvalue weighted by Crippen LogP contribution is 2.35. The summed E-state index contributed by atoms with van der Waals surface area (Å²) in [7, 11) is 0. The van der Waals surface area contributed by atoms with Gasteiger partial charge < -0.3 is 17.9 Å². The van der Waals surface area contributed by atoms with E-state index in [-0.39, 0.29) is 5.41 Å². The van der Waals surface area contributed by atoms with Crippen LogP contribution in [-0.2, 0) is 17.9 Å². The molecule has 112 valence electrons. The summed E-state index contributed by atoms with van der Waals surface area (Å²) in [4.78, 5) is 11.0. The van der Waals surface area contributed by atoms with Gasteiger partial charge in [0.15, 0.2) is 0 Å².